The van der Waals surface area contributed by atoms with E-state index in [4.69, 9.17) is 5.26 Å². The van der Waals surface area contributed by atoms with Gasteiger partial charge >= 0.3 is 5.97 Å². The molecule has 0 fully saturated rings. The first kappa shape index (κ1) is 12.0. The molecule has 1 aromatic rings. The van der Waals surface area contributed by atoms with Crippen LogP contribution < -0.4 is 5.32 Å². The van der Waals surface area contributed by atoms with Gasteiger partial charge < -0.3 is 10.1 Å². The summed E-state index contributed by atoms with van der Waals surface area (Å²) in [7, 11) is 0. The molecule has 0 aromatic heterocycles. The molecule has 0 aliphatic carbocycles. The molecule has 16 heavy (non-hydrogen) atoms. The molecule has 0 aliphatic heterocycles. The first-order valence-corrected chi connectivity index (χ1v) is 4.77. The molecule has 0 aliphatic rings. The van der Waals surface area contributed by atoms with Crippen LogP contribution in [0.15, 0.2) is 18.2 Å². The van der Waals surface area contributed by atoms with Gasteiger partial charge in [-0.2, -0.15) is 5.26 Å². The van der Waals surface area contributed by atoms with Gasteiger partial charge in [-0.05, 0) is 19.1 Å². The van der Waals surface area contributed by atoms with Crippen molar-refractivity contribution in [2.45, 2.75) is 6.92 Å². The molecule has 4 nitrogen and oxygen atoms in total. The second-order valence-corrected chi connectivity index (χ2v) is 2.93. The van der Waals surface area contributed by atoms with Gasteiger partial charge in [0.05, 0.1) is 12.3 Å². The maximum atomic E-state index is 13.1. The van der Waals surface area contributed by atoms with Crippen LogP contribution in [-0.2, 0) is 9.53 Å². The van der Waals surface area contributed by atoms with Crippen molar-refractivity contribution >= 4 is 11.7 Å². The number of ether oxygens (including phenoxy) is 1. The summed E-state index contributed by atoms with van der Waals surface area (Å²) < 4.78 is 17.8. The quantitative estimate of drug-likeness (QED) is 0.787. The Morgan fingerprint density at radius 3 is 3.00 bits per heavy atom. The molecular weight excluding hydrogens is 211 g/mol. The first-order valence-electron chi connectivity index (χ1n) is 4.77. The molecule has 0 radical (unpaired) electrons. The van der Waals surface area contributed by atoms with Crippen molar-refractivity contribution < 1.29 is 13.9 Å². The fraction of sp³-hybridized carbons (Fsp3) is 0.273. The van der Waals surface area contributed by atoms with Crippen molar-refractivity contribution in [3.63, 3.8) is 0 Å². The van der Waals surface area contributed by atoms with E-state index in [1.165, 1.54) is 18.2 Å². The van der Waals surface area contributed by atoms with E-state index in [0.717, 1.165) is 0 Å². The Hall–Kier alpha value is -2.09. The molecule has 1 N–H and O–H groups in total. The SMILES string of the molecule is CCOC(=O)CNc1cccc(F)c1C#N. The van der Waals surface area contributed by atoms with Crippen LogP contribution in [0.5, 0.6) is 0 Å². The number of nitrogens with zero attached hydrogens (tertiary/aromatic N) is 1. The summed E-state index contributed by atoms with van der Waals surface area (Å²) in [6, 6.07) is 5.91. The molecule has 5 heteroatoms. The van der Waals surface area contributed by atoms with Gasteiger partial charge in [0.25, 0.3) is 0 Å². The van der Waals surface area contributed by atoms with Gasteiger partial charge in [0.2, 0.25) is 0 Å². The molecule has 1 aromatic carbocycles. The molecular formula is C11H11FN2O2. The monoisotopic (exact) mass is 222 g/mol. The highest BCUT2D eigenvalue weighted by molar-refractivity contribution is 5.75. The third-order valence-electron chi connectivity index (χ3n) is 1.85. The average molecular weight is 222 g/mol. The topological polar surface area (TPSA) is 62.1 Å². The maximum Gasteiger partial charge on any atom is 0.325 e. The summed E-state index contributed by atoms with van der Waals surface area (Å²) in [6.07, 6.45) is 0. The number of carbonyl (C=O) groups is 1. The lowest BCUT2D eigenvalue weighted by atomic mass is 10.2. The molecule has 0 bridgehead atoms. The zero-order chi connectivity index (χ0) is 12.0. The maximum absolute atomic E-state index is 13.1. The van der Waals surface area contributed by atoms with Crippen molar-refractivity contribution in [2.24, 2.45) is 0 Å². The van der Waals surface area contributed by atoms with Crippen molar-refractivity contribution in [3.8, 4) is 6.07 Å². The van der Waals surface area contributed by atoms with Crippen molar-refractivity contribution in [1.82, 2.24) is 0 Å². The Kier molecular flexibility index (Phi) is 4.28. The molecule has 0 spiro atoms. The van der Waals surface area contributed by atoms with Crippen LogP contribution in [0.4, 0.5) is 10.1 Å². The second-order valence-electron chi connectivity index (χ2n) is 2.93. The highest BCUT2D eigenvalue weighted by Crippen LogP contribution is 2.17. The van der Waals surface area contributed by atoms with E-state index < -0.39 is 11.8 Å². The number of nitrogens with one attached hydrogen (secondary N) is 1. The lowest BCUT2D eigenvalue weighted by molar-refractivity contribution is -0.140. The summed E-state index contributed by atoms with van der Waals surface area (Å²) in [5.41, 5.74) is 0.183. The highest BCUT2D eigenvalue weighted by Gasteiger charge is 2.08. The highest BCUT2D eigenvalue weighted by atomic mass is 19.1. The van der Waals surface area contributed by atoms with Crippen molar-refractivity contribution in [1.29, 1.82) is 5.26 Å². The summed E-state index contributed by atoms with van der Waals surface area (Å²) in [5.74, 6) is -1.06. The Morgan fingerprint density at radius 1 is 1.62 bits per heavy atom. The van der Waals surface area contributed by atoms with Crippen LogP contribution in [0.25, 0.3) is 0 Å². The Bertz CT molecular complexity index is 426. The van der Waals surface area contributed by atoms with Gasteiger partial charge in [-0.15, -0.1) is 0 Å². The fourth-order valence-electron chi connectivity index (χ4n) is 1.16. The van der Waals surface area contributed by atoms with E-state index in [9.17, 15) is 9.18 Å². The lowest BCUT2D eigenvalue weighted by Gasteiger charge is -2.07. The van der Waals surface area contributed by atoms with Crippen molar-refractivity contribution in [3.05, 3.63) is 29.6 Å². The van der Waals surface area contributed by atoms with Crippen LogP contribution in [0, 0.1) is 17.1 Å². The molecule has 0 heterocycles. The minimum absolute atomic E-state index is 0.0913. The molecule has 0 saturated heterocycles. The standard InChI is InChI=1S/C11H11FN2O2/c1-2-16-11(15)7-14-10-5-3-4-9(12)8(10)6-13/h3-5,14H,2,7H2,1H3. The van der Waals surface area contributed by atoms with E-state index in [1.54, 1.807) is 13.0 Å². The van der Waals surface area contributed by atoms with Gasteiger partial charge in [0.15, 0.2) is 0 Å². The largest absolute Gasteiger partial charge is 0.465 e. The van der Waals surface area contributed by atoms with Gasteiger partial charge in [0, 0.05) is 0 Å². The summed E-state index contributed by atoms with van der Waals surface area (Å²) in [5, 5.41) is 11.4. The number of carbonyl (C=O) groups excluding carboxylic acids is 1. The minimum atomic E-state index is -0.614. The zero-order valence-corrected chi connectivity index (χ0v) is 8.79. The smallest absolute Gasteiger partial charge is 0.325 e. The Labute approximate surface area is 92.6 Å². The number of anilines is 1. The second kappa shape index (κ2) is 5.71. The minimum Gasteiger partial charge on any atom is -0.465 e. The fourth-order valence-corrected chi connectivity index (χ4v) is 1.16. The normalized spacial score (nSPS) is 9.31. The molecule has 0 amide bonds. The number of esters is 1. The number of rotatable bonds is 4. The molecule has 0 saturated carbocycles. The van der Waals surface area contributed by atoms with Gasteiger partial charge in [-0.25, -0.2) is 4.39 Å². The van der Waals surface area contributed by atoms with Crippen LogP contribution in [-0.4, -0.2) is 19.1 Å². The zero-order valence-electron chi connectivity index (χ0n) is 8.79. The first-order chi connectivity index (χ1) is 7.69. The number of benzene rings is 1. The van der Waals surface area contributed by atoms with E-state index in [0.29, 0.717) is 0 Å². The third-order valence-corrected chi connectivity index (χ3v) is 1.85. The third kappa shape index (κ3) is 2.95. The number of halogens is 1. The van der Waals surface area contributed by atoms with Crippen LogP contribution in [0.1, 0.15) is 12.5 Å². The number of nitriles is 1. The molecule has 0 atom stereocenters. The molecule has 84 valence electrons. The predicted molar refractivity (Wildman–Crippen MR) is 56.2 cm³/mol. The molecule has 0 unspecified atom stereocenters. The van der Waals surface area contributed by atoms with E-state index in [2.05, 4.69) is 10.1 Å². The van der Waals surface area contributed by atoms with E-state index in [-0.39, 0.29) is 24.4 Å². The summed E-state index contributed by atoms with van der Waals surface area (Å²) in [4.78, 5) is 11.0. The average Bonchev–Trinajstić information content (AvgIpc) is 2.27. The van der Waals surface area contributed by atoms with Gasteiger partial charge in [0.1, 0.15) is 24.0 Å². The van der Waals surface area contributed by atoms with Gasteiger partial charge in [-0.1, -0.05) is 6.07 Å². The van der Waals surface area contributed by atoms with Crippen molar-refractivity contribution in [2.75, 3.05) is 18.5 Å². The summed E-state index contributed by atoms with van der Waals surface area (Å²) >= 11 is 0. The van der Waals surface area contributed by atoms with Gasteiger partial charge in [-0.3, -0.25) is 4.79 Å². The van der Waals surface area contributed by atoms with Crippen LogP contribution >= 0.6 is 0 Å². The van der Waals surface area contributed by atoms with E-state index >= 15 is 0 Å². The Morgan fingerprint density at radius 2 is 2.38 bits per heavy atom. The number of hydrogen-bond donors (Lipinski definition) is 1. The van der Waals surface area contributed by atoms with Crippen LogP contribution in [0.2, 0.25) is 0 Å². The van der Waals surface area contributed by atoms with E-state index in [1.807, 2.05) is 0 Å². The van der Waals surface area contributed by atoms with Crippen LogP contribution in [0.3, 0.4) is 0 Å². The predicted octanol–water partition coefficient (Wildman–Crippen LogP) is 1.67. The number of hydrogen-bond acceptors (Lipinski definition) is 4. The lowest BCUT2D eigenvalue weighted by Crippen LogP contribution is -2.17. The Balaban J connectivity index is 2.71. The summed E-state index contributed by atoms with van der Waals surface area (Å²) in [6.45, 7) is 1.89. The molecule has 1 rings (SSSR count).